The fourth-order valence-corrected chi connectivity index (χ4v) is 12.7. The number of hydrogen-bond acceptors (Lipinski definition) is 18. The second kappa shape index (κ2) is 24.5. The number of nitrogens with zero attached hydrogens (tertiary/aromatic N) is 8. The van der Waals surface area contributed by atoms with Crippen LogP contribution in [0.25, 0.3) is 44.1 Å². The van der Waals surface area contributed by atoms with Crippen LogP contribution in [0.5, 0.6) is 0 Å². The number of esters is 2. The molecule has 0 fully saturated rings. The van der Waals surface area contributed by atoms with E-state index in [0.717, 1.165) is 64.3 Å². The largest absolute Gasteiger partial charge is 0.467 e. The minimum absolute atomic E-state index is 0.0721. The van der Waals surface area contributed by atoms with Crippen LogP contribution in [0.1, 0.15) is 112 Å². The molecule has 4 aromatic carbocycles. The van der Waals surface area contributed by atoms with E-state index in [1.54, 1.807) is 43.8 Å². The molecule has 0 radical (unpaired) electrons. The number of Topliss-reactive ketones (excluding diaryl/α,β-unsaturated/α-hetero) is 2. The molecule has 4 aromatic heterocycles. The molecule has 2 unspecified atom stereocenters. The van der Waals surface area contributed by atoms with E-state index in [2.05, 4.69) is 51.1 Å². The Morgan fingerprint density at radius 1 is 0.629 bits per heavy atom. The standard InChI is InChI=1S/C32H32N4O8.C22H19NO3.C10H14ClN3O5/c1-5-32(44-18-43-31(2,3)26-15-33-30(36(40)41)35(26)17-28(38)42-4)24-14-25-23-13-20-9-7-6-8-19(20)12-21(23)16-34(25)29(39)22(24)10-11-27(32)37;1-2-22(26)18-11-19-17-10-14-6-4-3-5-13(14)9-15(17)12-23(19)21(25)16(18)7-8-20(22)24;1-10(2,19-6-11)7-4-12-9(14(16)17)13(7)5-8(15)18-3/h6-9,12-15H,5,10-11,16-18H2,1-4H3;3-6,9-11,26H,2,7-8,12H2,1H3;4H,5-6H2,1-3H3. The molecule has 2 aliphatic heterocycles. The van der Waals surface area contributed by atoms with Gasteiger partial charge in [0, 0.05) is 46.2 Å². The Kier molecular flexibility index (Phi) is 17.3. The summed E-state index contributed by atoms with van der Waals surface area (Å²) in [7, 11) is 2.39. The zero-order chi connectivity index (χ0) is 64.1. The first-order valence-corrected chi connectivity index (χ1v) is 29.3. The average Bonchev–Trinajstić information content (AvgIpc) is 1.77. The molecular formula is C64H65ClN8O16. The number of fused-ring (bicyclic) bond motifs is 10. The fraction of sp³-hybridized carbons (Fsp3) is 0.375. The Morgan fingerprint density at radius 3 is 1.48 bits per heavy atom. The molecule has 0 amide bonds. The van der Waals surface area contributed by atoms with Gasteiger partial charge in [-0.2, -0.15) is 0 Å². The number of methoxy groups -OCH3 is 2. The molecule has 0 saturated heterocycles. The molecular weight excluding hydrogens is 1170 g/mol. The van der Waals surface area contributed by atoms with Crippen LogP contribution >= 0.6 is 11.6 Å². The number of hydrogen-bond donors (Lipinski definition) is 1. The first-order chi connectivity index (χ1) is 42.4. The van der Waals surface area contributed by atoms with Crippen LogP contribution in [0, 0.1) is 20.2 Å². The smallest absolute Gasteiger partial charge is 0.435 e. The van der Waals surface area contributed by atoms with Gasteiger partial charge < -0.3 is 58.2 Å². The van der Waals surface area contributed by atoms with Crippen LogP contribution in [0.3, 0.4) is 0 Å². The molecule has 24 nitrogen and oxygen atoms in total. The van der Waals surface area contributed by atoms with E-state index in [4.69, 9.17) is 30.5 Å². The molecule has 8 aromatic rings. The summed E-state index contributed by atoms with van der Waals surface area (Å²) < 4.78 is 32.7. The highest BCUT2D eigenvalue weighted by Gasteiger charge is 2.47. The Morgan fingerprint density at radius 2 is 1.06 bits per heavy atom. The van der Waals surface area contributed by atoms with Gasteiger partial charge in [0.15, 0.2) is 30.3 Å². The second-order valence-corrected chi connectivity index (χ2v) is 23.2. The van der Waals surface area contributed by atoms with Crippen molar-refractivity contribution in [3.05, 3.63) is 183 Å². The Bertz CT molecular complexity index is 4350. The summed E-state index contributed by atoms with van der Waals surface area (Å²) in [6.45, 7) is 10.1. The van der Waals surface area contributed by atoms with Crippen molar-refractivity contribution in [3.8, 4) is 22.5 Å². The lowest BCUT2D eigenvalue weighted by Crippen LogP contribution is -2.46. The first kappa shape index (κ1) is 63.0. The Labute approximate surface area is 513 Å². The lowest BCUT2D eigenvalue weighted by atomic mass is 9.76. The maximum absolute atomic E-state index is 13.9. The summed E-state index contributed by atoms with van der Waals surface area (Å²) in [5, 5.41) is 37.9. The molecule has 2 atom stereocenters. The molecule has 464 valence electrons. The van der Waals surface area contributed by atoms with Gasteiger partial charge in [-0.15, -0.1) is 0 Å². The van der Waals surface area contributed by atoms with E-state index in [1.807, 2.05) is 55.5 Å². The zero-order valence-electron chi connectivity index (χ0n) is 50.2. The normalized spacial score (nSPS) is 17.1. The van der Waals surface area contributed by atoms with Gasteiger partial charge in [-0.1, -0.05) is 83.9 Å². The highest BCUT2D eigenvalue weighted by atomic mass is 35.5. The highest BCUT2D eigenvalue weighted by Crippen LogP contribution is 2.44. The molecule has 4 aliphatic rings. The van der Waals surface area contributed by atoms with E-state index in [9.17, 15) is 54.1 Å². The lowest BCUT2D eigenvalue weighted by Gasteiger charge is -2.37. The SMILES string of the molecule is CCC1(O)C(=O)CCc2c1cc1n(c2=O)Cc2cc3ccccc3cc2-1.CCC1(OCOC(C)(C)c2cnc([N+](=O)[O-])n2CC(=O)OC)C(=O)CCc2c1cc1n(c2=O)Cc2cc3ccccc3cc2-1.COC(=O)Cn1c(C(C)(C)OCCl)cnc1[N+](=O)[O-]. The molecule has 89 heavy (non-hydrogen) atoms. The van der Waals surface area contributed by atoms with Gasteiger partial charge in [-0.25, -0.2) is 18.7 Å². The van der Waals surface area contributed by atoms with Gasteiger partial charge in [0.25, 0.3) is 11.1 Å². The van der Waals surface area contributed by atoms with Crippen LogP contribution < -0.4 is 11.1 Å². The molecule has 0 spiro atoms. The molecule has 12 rings (SSSR count). The van der Waals surface area contributed by atoms with E-state index >= 15 is 0 Å². The van der Waals surface area contributed by atoms with Gasteiger partial charge in [-0.3, -0.25) is 19.2 Å². The molecule has 25 heteroatoms. The summed E-state index contributed by atoms with van der Waals surface area (Å²) in [6, 6.07) is 28.3. The number of rotatable bonds is 16. The van der Waals surface area contributed by atoms with Crippen LogP contribution in [0.2, 0.25) is 0 Å². The summed E-state index contributed by atoms with van der Waals surface area (Å²) >= 11 is 5.51. The summed E-state index contributed by atoms with van der Waals surface area (Å²) in [5.74, 6) is -2.64. The molecule has 6 heterocycles. The van der Waals surface area contributed by atoms with Gasteiger partial charge in [-0.05, 0) is 132 Å². The number of carbonyl (C=O) groups is 4. The molecule has 0 saturated carbocycles. The quantitative estimate of drug-likeness (QED) is 0.0310. The van der Waals surface area contributed by atoms with E-state index in [1.165, 1.54) is 26.6 Å². The minimum atomic E-state index is -1.54. The number of carbonyl (C=O) groups excluding carboxylic acids is 4. The lowest BCUT2D eigenvalue weighted by molar-refractivity contribution is -0.397. The maximum Gasteiger partial charge on any atom is 0.435 e. The number of ether oxygens (including phenoxy) is 5. The zero-order valence-corrected chi connectivity index (χ0v) is 51.0. The maximum atomic E-state index is 13.9. The number of halogens is 1. The fourth-order valence-electron chi connectivity index (χ4n) is 12.5. The van der Waals surface area contributed by atoms with Crippen molar-refractivity contribution in [3.63, 3.8) is 0 Å². The van der Waals surface area contributed by atoms with Crippen LogP contribution in [0.15, 0.2) is 107 Å². The molecule has 2 aliphatic carbocycles. The third kappa shape index (κ3) is 11.3. The van der Waals surface area contributed by atoms with Gasteiger partial charge in [0.1, 0.15) is 53.4 Å². The minimum Gasteiger partial charge on any atom is -0.467 e. The summed E-state index contributed by atoms with van der Waals surface area (Å²) in [4.78, 5) is 105. The van der Waals surface area contributed by atoms with Crippen molar-refractivity contribution in [2.75, 3.05) is 27.1 Å². The van der Waals surface area contributed by atoms with Gasteiger partial charge >= 0.3 is 23.8 Å². The van der Waals surface area contributed by atoms with Crippen molar-refractivity contribution in [1.82, 2.24) is 28.2 Å². The summed E-state index contributed by atoms with van der Waals surface area (Å²) in [6.07, 6.45) is 4.20. The Balaban J connectivity index is 0.000000164. The van der Waals surface area contributed by atoms with Gasteiger partial charge in [0.2, 0.25) is 0 Å². The number of imidazole rings is 2. The van der Waals surface area contributed by atoms with Crippen molar-refractivity contribution in [1.29, 1.82) is 0 Å². The average molecular weight is 1240 g/mol. The van der Waals surface area contributed by atoms with Gasteiger partial charge in [0.05, 0.1) is 38.7 Å². The van der Waals surface area contributed by atoms with Crippen LogP contribution in [0.4, 0.5) is 11.9 Å². The number of nitro groups is 2. The summed E-state index contributed by atoms with van der Waals surface area (Å²) in [5.41, 5.74) is 3.16. The predicted octanol–water partition coefficient (Wildman–Crippen LogP) is 8.91. The van der Waals surface area contributed by atoms with Crippen molar-refractivity contribution >= 4 is 68.5 Å². The van der Waals surface area contributed by atoms with Crippen molar-refractivity contribution in [2.24, 2.45) is 0 Å². The third-order valence-corrected chi connectivity index (χ3v) is 17.5. The van der Waals surface area contributed by atoms with E-state index in [-0.39, 0.29) is 73.5 Å². The van der Waals surface area contributed by atoms with E-state index in [0.29, 0.717) is 53.9 Å². The van der Waals surface area contributed by atoms with Crippen molar-refractivity contribution in [2.45, 2.75) is 129 Å². The highest BCUT2D eigenvalue weighted by molar-refractivity contribution is 6.17. The monoisotopic (exact) mass is 1240 g/mol. The van der Waals surface area contributed by atoms with Crippen LogP contribution in [-0.4, -0.2) is 93.8 Å². The van der Waals surface area contributed by atoms with E-state index < -0.39 is 62.6 Å². The number of benzene rings is 4. The number of alkyl halides is 1. The van der Waals surface area contributed by atoms with Crippen molar-refractivity contribution < 1.29 is 57.8 Å². The Hall–Kier alpha value is -9.07. The number of pyridine rings is 2. The first-order valence-electron chi connectivity index (χ1n) is 28.8. The topological polar surface area (TPSA) is 301 Å². The molecule has 1 N–H and O–H groups in total. The number of ketones is 2. The molecule has 0 bridgehead atoms. The second-order valence-electron chi connectivity index (χ2n) is 23.0. The van der Waals surface area contributed by atoms with Crippen LogP contribution in [-0.2, 0) is 104 Å². The number of aliphatic hydroxyl groups is 1. The number of aromatic nitrogens is 6. The third-order valence-electron chi connectivity index (χ3n) is 17.4. The predicted molar refractivity (Wildman–Crippen MR) is 325 cm³/mol.